The van der Waals surface area contributed by atoms with Gasteiger partial charge >= 0.3 is 12.3 Å². The summed E-state index contributed by atoms with van der Waals surface area (Å²) in [4.78, 5) is 25.1. The van der Waals surface area contributed by atoms with Crippen LogP contribution in [0.5, 0.6) is 0 Å². The Morgan fingerprint density at radius 2 is 1.70 bits per heavy atom. The van der Waals surface area contributed by atoms with Gasteiger partial charge in [-0.15, -0.1) is 0 Å². The number of halogens is 6. The van der Waals surface area contributed by atoms with Gasteiger partial charge in [-0.1, -0.05) is 0 Å². The number of hydrogen-bond donors (Lipinski definition) is 1. The standard InChI is InChI=1S/C19H22F6N2O3/c1-9-11(15-12(21)5-10(20)6-13(15)22)7-14(26-17(29)30-18(2,3)4)16(28)27(9)8-19(23,24)25/h5-6,9,11,14H,7-8H2,1-4H3,(H,26,29)/t9-,11-,14+/m1/s1. The van der Waals surface area contributed by atoms with E-state index in [1.807, 2.05) is 0 Å². The monoisotopic (exact) mass is 440 g/mol. The van der Waals surface area contributed by atoms with Gasteiger partial charge in [0.25, 0.3) is 0 Å². The van der Waals surface area contributed by atoms with Crippen LogP contribution < -0.4 is 5.32 Å². The molecule has 1 aromatic rings. The van der Waals surface area contributed by atoms with Crippen LogP contribution in [0.2, 0.25) is 0 Å². The molecule has 11 heteroatoms. The smallest absolute Gasteiger partial charge is 0.408 e. The van der Waals surface area contributed by atoms with Crippen LogP contribution in [0.25, 0.3) is 0 Å². The molecule has 1 aliphatic heterocycles. The number of carbonyl (C=O) groups is 2. The summed E-state index contributed by atoms with van der Waals surface area (Å²) in [5.74, 6) is -6.11. The van der Waals surface area contributed by atoms with Crippen molar-refractivity contribution < 1.29 is 40.7 Å². The molecule has 5 nitrogen and oxygen atoms in total. The van der Waals surface area contributed by atoms with Crippen molar-refractivity contribution in [1.29, 1.82) is 0 Å². The number of hydrogen-bond acceptors (Lipinski definition) is 3. The average molecular weight is 440 g/mol. The Labute approximate surface area is 169 Å². The van der Waals surface area contributed by atoms with Crippen molar-refractivity contribution in [3.63, 3.8) is 0 Å². The van der Waals surface area contributed by atoms with Gasteiger partial charge in [0, 0.05) is 29.7 Å². The molecule has 0 bridgehead atoms. The second-order valence-electron chi connectivity index (χ2n) is 8.15. The lowest BCUT2D eigenvalue weighted by atomic mass is 9.81. The Bertz CT molecular complexity index is 798. The summed E-state index contributed by atoms with van der Waals surface area (Å²) in [7, 11) is 0. The number of nitrogens with zero attached hydrogens (tertiary/aromatic N) is 1. The van der Waals surface area contributed by atoms with Crippen LogP contribution in [0.3, 0.4) is 0 Å². The molecular weight excluding hydrogens is 418 g/mol. The third-order valence-electron chi connectivity index (χ3n) is 4.60. The number of alkyl halides is 3. The number of nitrogens with one attached hydrogen (secondary N) is 1. The Morgan fingerprint density at radius 3 is 2.17 bits per heavy atom. The molecule has 30 heavy (non-hydrogen) atoms. The summed E-state index contributed by atoms with van der Waals surface area (Å²) in [5, 5.41) is 2.17. The molecule has 0 aromatic heterocycles. The lowest BCUT2D eigenvalue weighted by molar-refractivity contribution is -0.171. The minimum atomic E-state index is -4.79. The molecular formula is C19H22F6N2O3. The molecule has 2 amide bonds. The Kier molecular flexibility index (Phi) is 6.63. The first-order valence-corrected chi connectivity index (χ1v) is 9.10. The normalized spacial score (nSPS) is 22.8. The van der Waals surface area contributed by atoms with Gasteiger partial charge in [-0.05, 0) is 34.1 Å². The lowest BCUT2D eigenvalue weighted by Crippen LogP contribution is -2.60. The number of alkyl carbamates (subject to hydrolysis) is 1. The van der Waals surface area contributed by atoms with Gasteiger partial charge in [0.05, 0.1) is 0 Å². The number of piperidine rings is 1. The van der Waals surface area contributed by atoms with Crippen LogP contribution in [0.4, 0.5) is 31.1 Å². The number of carbonyl (C=O) groups excluding carboxylic acids is 2. The first-order valence-electron chi connectivity index (χ1n) is 9.10. The molecule has 1 fully saturated rings. The Hall–Kier alpha value is -2.46. The number of likely N-dealkylation sites (tertiary alicyclic amines) is 1. The van der Waals surface area contributed by atoms with Gasteiger partial charge < -0.3 is 15.0 Å². The molecule has 0 radical (unpaired) electrons. The minimum Gasteiger partial charge on any atom is -0.444 e. The van der Waals surface area contributed by atoms with E-state index in [1.54, 1.807) is 20.8 Å². The van der Waals surface area contributed by atoms with Gasteiger partial charge in [-0.2, -0.15) is 13.2 Å². The van der Waals surface area contributed by atoms with E-state index < -0.39 is 77.8 Å². The van der Waals surface area contributed by atoms with Crippen molar-refractivity contribution in [2.24, 2.45) is 0 Å². The van der Waals surface area contributed by atoms with Crippen molar-refractivity contribution in [3.05, 3.63) is 35.1 Å². The fourth-order valence-corrected chi connectivity index (χ4v) is 3.42. The van der Waals surface area contributed by atoms with E-state index >= 15 is 0 Å². The summed E-state index contributed by atoms with van der Waals surface area (Å²) in [6.45, 7) is 4.15. The molecule has 168 valence electrons. The first-order chi connectivity index (χ1) is 13.6. The molecule has 0 aliphatic carbocycles. The second kappa shape index (κ2) is 8.35. The van der Waals surface area contributed by atoms with Crippen LogP contribution >= 0.6 is 0 Å². The highest BCUT2D eigenvalue weighted by molar-refractivity contribution is 5.87. The second-order valence-corrected chi connectivity index (χ2v) is 8.15. The third kappa shape index (κ3) is 5.79. The molecule has 0 spiro atoms. The quantitative estimate of drug-likeness (QED) is 0.715. The van der Waals surface area contributed by atoms with Crippen LogP contribution in [0, 0.1) is 17.5 Å². The molecule has 1 aromatic carbocycles. The average Bonchev–Trinajstić information content (AvgIpc) is 2.52. The zero-order valence-electron chi connectivity index (χ0n) is 16.7. The maximum absolute atomic E-state index is 14.3. The fraction of sp³-hybridized carbons (Fsp3) is 0.579. The fourth-order valence-electron chi connectivity index (χ4n) is 3.42. The maximum atomic E-state index is 14.3. The highest BCUT2D eigenvalue weighted by atomic mass is 19.4. The Balaban J connectivity index is 2.42. The maximum Gasteiger partial charge on any atom is 0.408 e. The zero-order chi connectivity index (χ0) is 23.0. The van der Waals surface area contributed by atoms with E-state index in [-0.39, 0.29) is 0 Å². The number of ether oxygens (including phenoxy) is 1. The molecule has 1 saturated heterocycles. The summed E-state index contributed by atoms with van der Waals surface area (Å²) < 4.78 is 86.0. The van der Waals surface area contributed by atoms with Crippen LogP contribution in [-0.4, -0.2) is 47.3 Å². The molecule has 1 heterocycles. The third-order valence-corrected chi connectivity index (χ3v) is 4.60. The van der Waals surface area contributed by atoms with Gasteiger partial charge in [0.2, 0.25) is 5.91 Å². The van der Waals surface area contributed by atoms with Gasteiger partial charge in [0.1, 0.15) is 35.6 Å². The van der Waals surface area contributed by atoms with E-state index in [9.17, 15) is 35.9 Å². The highest BCUT2D eigenvalue weighted by Gasteiger charge is 2.46. The molecule has 0 unspecified atom stereocenters. The summed E-state index contributed by atoms with van der Waals surface area (Å²) in [5.41, 5.74) is -1.60. The lowest BCUT2D eigenvalue weighted by Gasteiger charge is -2.43. The largest absolute Gasteiger partial charge is 0.444 e. The number of benzene rings is 1. The van der Waals surface area contributed by atoms with Crippen molar-refractivity contribution in [2.75, 3.05) is 6.54 Å². The molecule has 3 atom stereocenters. The number of rotatable bonds is 3. The van der Waals surface area contributed by atoms with Gasteiger partial charge in [-0.3, -0.25) is 4.79 Å². The van der Waals surface area contributed by atoms with Crippen molar-refractivity contribution in [2.45, 2.75) is 63.9 Å². The van der Waals surface area contributed by atoms with Gasteiger partial charge in [-0.25, -0.2) is 18.0 Å². The SMILES string of the molecule is C[C@@H]1[C@H](c2c(F)cc(F)cc2F)C[C@H](NC(=O)OC(C)(C)C)C(=O)N1CC(F)(F)F. The topological polar surface area (TPSA) is 58.6 Å². The van der Waals surface area contributed by atoms with Gasteiger partial charge in [0.15, 0.2) is 0 Å². The minimum absolute atomic E-state index is 0.396. The summed E-state index contributed by atoms with van der Waals surface area (Å²) >= 11 is 0. The van der Waals surface area contributed by atoms with E-state index in [0.29, 0.717) is 17.0 Å². The van der Waals surface area contributed by atoms with E-state index in [2.05, 4.69) is 5.32 Å². The number of amides is 2. The zero-order valence-corrected chi connectivity index (χ0v) is 16.7. The van der Waals surface area contributed by atoms with Crippen molar-refractivity contribution >= 4 is 12.0 Å². The van der Waals surface area contributed by atoms with E-state index in [1.165, 1.54) is 6.92 Å². The predicted molar refractivity (Wildman–Crippen MR) is 94.1 cm³/mol. The van der Waals surface area contributed by atoms with E-state index in [4.69, 9.17) is 4.74 Å². The van der Waals surface area contributed by atoms with Crippen molar-refractivity contribution in [3.8, 4) is 0 Å². The summed E-state index contributed by atoms with van der Waals surface area (Å²) in [6.07, 6.45) is -6.25. The van der Waals surface area contributed by atoms with Crippen LogP contribution in [0.1, 0.15) is 45.6 Å². The predicted octanol–water partition coefficient (Wildman–Crippen LogP) is 4.26. The van der Waals surface area contributed by atoms with E-state index in [0.717, 1.165) is 0 Å². The Morgan fingerprint density at radius 1 is 1.17 bits per heavy atom. The highest BCUT2D eigenvalue weighted by Crippen LogP contribution is 2.37. The molecule has 2 rings (SSSR count). The first kappa shape index (κ1) is 23.8. The summed E-state index contributed by atoms with van der Waals surface area (Å²) in [6, 6.07) is -1.98. The molecule has 1 N–H and O–H groups in total. The van der Waals surface area contributed by atoms with Crippen LogP contribution in [0.15, 0.2) is 12.1 Å². The van der Waals surface area contributed by atoms with Crippen molar-refractivity contribution in [1.82, 2.24) is 10.2 Å². The van der Waals surface area contributed by atoms with Crippen LogP contribution in [-0.2, 0) is 9.53 Å². The molecule has 0 saturated carbocycles. The molecule has 1 aliphatic rings.